The zero-order valence-electron chi connectivity index (χ0n) is 16.9. The van der Waals surface area contributed by atoms with E-state index in [4.69, 9.17) is 4.84 Å². The van der Waals surface area contributed by atoms with Gasteiger partial charge in [-0.1, -0.05) is 17.3 Å². The molecule has 1 aromatic carbocycles. The molecule has 2 heterocycles. The van der Waals surface area contributed by atoms with Crippen molar-refractivity contribution in [3.8, 4) is 0 Å². The smallest absolute Gasteiger partial charge is 0.372 e. The van der Waals surface area contributed by atoms with Crippen molar-refractivity contribution in [1.29, 1.82) is 0 Å². The SMILES string of the molecule is C=CCNC(=O)c1ccc(C2=NOC(c3cc(C(F)(F)F)nn3C)(C(F)(F)F)C2)cc1C. The zero-order chi connectivity index (χ0) is 23.9. The van der Waals surface area contributed by atoms with Gasteiger partial charge in [0.1, 0.15) is 0 Å². The van der Waals surface area contributed by atoms with Gasteiger partial charge in [0.25, 0.3) is 11.5 Å². The average molecular weight is 460 g/mol. The molecular weight excluding hydrogens is 442 g/mol. The Morgan fingerprint density at radius 2 is 1.97 bits per heavy atom. The third-order valence-electron chi connectivity index (χ3n) is 4.98. The number of nitrogens with one attached hydrogen (secondary N) is 1. The molecule has 0 aliphatic carbocycles. The minimum atomic E-state index is -5.09. The lowest BCUT2D eigenvalue weighted by molar-refractivity contribution is -0.278. The summed E-state index contributed by atoms with van der Waals surface area (Å²) in [7, 11) is 0.972. The van der Waals surface area contributed by atoms with E-state index in [9.17, 15) is 31.1 Å². The summed E-state index contributed by atoms with van der Waals surface area (Å²) in [5.41, 5.74) is -4.55. The summed E-state index contributed by atoms with van der Waals surface area (Å²) in [6.07, 6.45) is -9.39. The van der Waals surface area contributed by atoms with Crippen molar-refractivity contribution in [3.05, 3.63) is 65.0 Å². The predicted molar refractivity (Wildman–Crippen MR) is 102 cm³/mol. The van der Waals surface area contributed by atoms with Crippen molar-refractivity contribution in [1.82, 2.24) is 15.1 Å². The lowest BCUT2D eigenvalue weighted by Crippen LogP contribution is -2.44. The average Bonchev–Trinajstić information content (AvgIpc) is 3.30. The molecule has 2 aromatic rings. The molecule has 12 heteroatoms. The topological polar surface area (TPSA) is 68.5 Å². The van der Waals surface area contributed by atoms with Gasteiger partial charge in [-0.05, 0) is 36.2 Å². The first-order valence-electron chi connectivity index (χ1n) is 9.24. The number of halogens is 6. The highest BCUT2D eigenvalue weighted by Crippen LogP contribution is 2.49. The van der Waals surface area contributed by atoms with Crippen LogP contribution in [0.4, 0.5) is 26.3 Å². The van der Waals surface area contributed by atoms with Crippen molar-refractivity contribution >= 4 is 11.6 Å². The first kappa shape index (κ1) is 23.4. The fourth-order valence-corrected chi connectivity index (χ4v) is 3.36. The van der Waals surface area contributed by atoms with Gasteiger partial charge in [0, 0.05) is 19.2 Å². The number of hydrogen-bond donors (Lipinski definition) is 1. The van der Waals surface area contributed by atoms with Gasteiger partial charge in [0.05, 0.1) is 17.8 Å². The molecule has 0 radical (unpaired) electrons. The lowest BCUT2D eigenvalue weighted by atomic mass is 9.89. The summed E-state index contributed by atoms with van der Waals surface area (Å²) >= 11 is 0. The molecule has 0 fully saturated rings. The number of amides is 1. The second-order valence-corrected chi connectivity index (χ2v) is 7.20. The first-order chi connectivity index (χ1) is 14.8. The monoisotopic (exact) mass is 460 g/mol. The van der Waals surface area contributed by atoms with Crippen LogP contribution in [-0.2, 0) is 23.7 Å². The number of alkyl halides is 6. The zero-order valence-corrected chi connectivity index (χ0v) is 16.9. The van der Waals surface area contributed by atoms with Crippen LogP contribution >= 0.6 is 0 Å². The van der Waals surface area contributed by atoms with Crippen LogP contribution in [0.15, 0.2) is 42.1 Å². The Morgan fingerprint density at radius 1 is 1.28 bits per heavy atom. The Balaban J connectivity index is 1.96. The number of nitrogens with zero attached hydrogens (tertiary/aromatic N) is 3. The number of carbonyl (C=O) groups excluding carboxylic acids is 1. The molecule has 0 saturated heterocycles. The van der Waals surface area contributed by atoms with E-state index in [2.05, 4.69) is 22.2 Å². The molecule has 0 saturated carbocycles. The quantitative estimate of drug-likeness (QED) is 0.536. The maximum atomic E-state index is 14.1. The van der Waals surface area contributed by atoms with Crippen LogP contribution in [0.2, 0.25) is 0 Å². The molecule has 1 aliphatic rings. The second-order valence-electron chi connectivity index (χ2n) is 7.20. The van der Waals surface area contributed by atoms with Gasteiger partial charge in [-0.25, -0.2) is 0 Å². The van der Waals surface area contributed by atoms with Crippen LogP contribution in [0.25, 0.3) is 0 Å². The van der Waals surface area contributed by atoms with Crippen LogP contribution < -0.4 is 5.32 Å². The third-order valence-corrected chi connectivity index (χ3v) is 4.98. The number of hydrogen-bond acceptors (Lipinski definition) is 4. The minimum Gasteiger partial charge on any atom is -0.372 e. The van der Waals surface area contributed by atoms with E-state index >= 15 is 0 Å². The van der Waals surface area contributed by atoms with Crippen molar-refractivity contribution in [3.63, 3.8) is 0 Å². The fraction of sp³-hybridized carbons (Fsp3) is 0.350. The molecule has 1 amide bonds. The highest BCUT2D eigenvalue weighted by molar-refractivity contribution is 6.03. The van der Waals surface area contributed by atoms with E-state index in [1.54, 1.807) is 6.92 Å². The normalized spacial score (nSPS) is 18.8. The van der Waals surface area contributed by atoms with Crippen molar-refractivity contribution in [2.24, 2.45) is 12.2 Å². The molecule has 6 nitrogen and oxygen atoms in total. The Kier molecular flexibility index (Phi) is 5.83. The van der Waals surface area contributed by atoms with Gasteiger partial charge in [0.15, 0.2) is 5.69 Å². The van der Waals surface area contributed by atoms with Gasteiger partial charge in [0.2, 0.25) is 0 Å². The molecule has 1 unspecified atom stereocenters. The fourth-order valence-electron chi connectivity index (χ4n) is 3.36. The van der Waals surface area contributed by atoms with E-state index in [0.717, 1.165) is 7.05 Å². The van der Waals surface area contributed by atoms with E-state index in [-0.39, 0.29) is 17.8 Å². The van der Waals surface area contributed by atoms with E-state index in [1.807, 2.05) is 0 Å². The molecule has 3 rings (SSSR count). The highest BCUT2D eigenvalue weighted by atomic mass is 19.4. The Labute approximate surface area is 178 Å². The third kappa shape index (κ3) is 4.08. The number of oxime groups is 1. The molecular formula is C20H18F6N4O2. The first-order valence-corrected chi connectivity index (χ1v) is 9.24. The predicted octanol–water partition coefficient (Wildman–Crippen LogP) is 4.25. The highest BCUT2D eigenvalue weighted by Gasteiger charge is 2.64. The molecule has 1 aromatic heterocycles. The molecule has 0 bridgehead atoms. The van der Waals surface area contributed by atoms with Crippen molar-refractivity contribution < 1.29 is 36.0 Å². The Morgan fingerprint density at radius 3 is 2.50 bits per heavy atom. The summed E-state index contributed by atoms with van der Waals surface area (Å²) < 4.78 is 81.7. The summed E-state index contributed by atoms with van der Waals surface area (Å²) in [6.45, 7) is 5.32. The summed E-state index contributed by atoms with van der Waals surface area (Å²) in [4.78, 5) is 16.9. The molecule has 1 aliphatic heterocycles. The number of benzene rings is 1. The van der Waals surface area contributed by atoms with Gasteiger partial charge in [-0.3, -0.25) is 9.48 Å². The van der Waals surface area contributed by atoms with Crippen LogP contribution in [0, 0.1) is 6.92 Å². The maximum absolute atomic E-state index is 14.1. The second kappa shape index (κ2) is 7.99. The summed E-state index contributed by atoms with van der Waals surface area (Å²) in [5.74, 6) is -0.391. The van der Waals surface area contributed by atoms with Crippen molar-refractivity contribution in [2.45, 2.75) is 31.3 Å². The van der Waals surface area contributed by atoms with E-state index in [1.165, 1.54) is 24.3 Å². The number of rotatable bonds is 5. The van der Waals surface area contributed by atoms with Crippen LogP contribution in [0.1, 0.15) is 39.3 Å². The van der Waals surface area contributed by atoms with E-state index < -0.39 is 41.7 Å². The molecule has 1 N–H and O–H groups in total. The van der Waals surface area contributed by atoms with Crippen LogP contribution in [0.3, 0.4) is 0 Å². The van der Waals surface area contributed by atoms with Gasteiger partial charge >= 0.3 is 12.4 Å². The molecule has 32 heavy (non-hydrogen) atoms. The molecule has 172 valence electrons. The van der Waals surface area contributed by atoms with Gasteiger partial charge in [-0.15, -0.1) is 6.58 Å². The van der Waals surface area contributed by atoms with Gasteiger partial charge < -0.3 is 10.2 Å². The lowest BCUT2D eigenvalue weighted by Gasteiger charge is -2.28. The number of carbonyl (C=O) groups is 1. The maximum Gasteiger partial charge on any atom is 0.437 e. The summed E-state index contributed by atoms with van der Waals surface area (Å²) in [6, 6.07) is 4.59. The largest absolute Gasteiger partial charge is 0.437 e. The Bertz CT molecular complexity index is 1090. The minimum absolute atomic E-state index is 0.127. The molecule has 1 atom stereocenters. The Hall–Kier alpha value is -3.31. The standard InChI is InChI=1S/C20H18F6N4O2/c1-4-7-27-17(31)13-6-5-12(8-11(13)2)14-10-18(32-29-14,20(24,25)26)16-9-15(19(21,22)23)28-30(16)3/h4-6,8-9H,1,7,10H2,2-3H3,(H,27,31). The van der Waals surface area contributed by atoms with Crippen LogP contribution in [0.5, 0.6) is 0 Å². The van der Waals surface area contributed by atoms with Crippen LogP contribution in [-0.4, -0.2) is 34.1 Å². The summed E-state index contributed by atoms with van der Waals surface area (Å²) in [5, 5.41) is 9.29. The number of aryl methyl sites for hydroxylation is 2. The van der Waals surface area contributed by atoms with Crippen molar-refractivity contribution in [2.75, 3.05) is 6.54 Å². The number of aromatic nitrogens is 2. The van der Waals surface area contributed by atoms with E-state index in [0.29, 0.717) is 21.9 Å². The van der Waals surface area contributed by atoms with Gasteiger partial charge in [-0.2, -0.15) is 31.4 Å². The molecule has 0 spiro atoms.